The van der Waals surface area contributed by atoms with Crippen LogP contribution in [0.1, 0.15) is 20.3 Å². The second-order valence-corrected chi connectivity index (χ2v) is 2.78. The van der Waals surface area contributed by atoms with Crippen LogP contribution in [0.2, 0.25) is 0 Å². The van der Waals surface area contributed by atoms with Crippen molar-refractivity contribution in [3.05, 3.63) is 0 Å². The fourth-order valence-electron chi connectivity index (χ4n) is 0.974. The first-order chi connectivity index (χ1) is 4.29. The van der Waals surface area contributed by atoms with E-state index in [4.69, 9.17) is 4.74 Å². The molecular formula is C7H15NO. The molecule has 1 aliphatic heterocycles. The van der Waals surface area contributed by atoms with E-state index in [0.717, 1.165) is 19.6 Å². The van der Waals surface area contributed by atoms with Gasteiger partial charge in [-0.25, -0.2) is 0 Å². The van der Waals surface area contributed by atoms with Gasteiger partial charge in [0.15, 0.2) is 0 Å². The number of hydrogen-bond donors (Lipinski definition) is 1. The topological polar surface area (TPSA) is 21.3 Å². The minimum atomic E-state index is 0.398. The van der Waals surface area contributed by atoms with Gasteiger partial charge in [0, 0.05) is 19.2 Å². The molecule has 0 aromatic heterocycles. The summed E-state index contributed by atoms with van der Waals surface area (Å²) in [5.41, 5.74) is 0. The maximum atomic E-state index is 5.41. The number of rotatable bonds is 0. The average Bonchev–Trinajstić information content (AvgIpc) is 1.97. The van der Waals surface area contributed by atoms with Crippen molar-refractivity contribution in [2.24, 2.45) is 0 Å². The third-order valence-corrected chi connectivity index (χ3v) is 1.71. The standard InChI is InChI=1S/C7H15NO/c1-6-3-4-9-7(2)5-8-6/h6-8H,3-5H2,1-2H3/t6-,7-/m1/s1. The quantitative estimate of drug-likeness (QED) is 0.521. The van der Waals surface area contributed by atoms with Crippen LogP contribution in [0.4, 0.5) is 0 Å². The fraction of sp³-hybridized carbons (Fsp3) is 1.00. The molecule has 0 amide bonds. The first-order valence-electron chi connectivity index (χ1n) is 3.64. The Bertz CT molecular complexity index is 75.0. The molecule has 2 atom stereocenters. The molecule has 1 N–H and O–H groups in total. The molecule has 0 saturated carbocycles. The SMILES string of the molecule is C[C@@H]1CCO[C@H](C)CN1. The van der Waals surface area contributed by atoms with Crippen LogP contribution >= 0.6 is 0 Å². The van der Waals surface area contributed by atoms with Gasteiger partial charge in [0.05, 0.1) is 6.10 Å². The highest BCUT2D eigenvalue weighted by Gasteiger charge is 2.10. The molecule has 0 spiro atoms. The third kappa shape index (κ3) is 2.33. The summed E-state index contributed by atoms with van der Waals surface area (Å²) in [6.07, 6.45) is 1.54. The first kappa shape index (κ1) is 7.03. The molecular weight excluding hydrogens is 114 g/mol. The molecule has 2 heteroatoms. The Balaban J connectivity index is 2.25. The zero-order valence-electron chi connectivity index (χ0n) is 6.18. The minimum Gasteiger partial charge on any atom is -0.377 e. The molecule has 1 rings (SSSR count). The summed E-state index contributed by atoms with van der Waals surface area (Å²) in [5, 5.41) is 3.37. The van der Waals surface area contributed by atoms with Crippen molar-refractivity contribution in [1.82, 2.24) is 5.32 Å². The Morgan fingerprint density at radius 2 is 2.22 bits per heavy atom. The Labute approximate surface area is 56.6 Å². The zero-order valence-corrected chi connectivity index (χ0v) is 6.18. The van der Waals surface area contributed by atoms with Crippen LogP contribution in [0.5, 0.6) is 0 Å². The van der Waals surface area contributed by atoms with Crippen molar-refractivity contribution in [3.8, 4) is 0 Å². The second kappa shape index (κ2) is 3.18. The van der Waals surface area contributed by atoms with Gasteiger partial charge in [-0.1, -0.05) is 0 Å². The van der Waals surface area contributed by atoms with Gasteiger partial charge in [0.25, 0.3) is 0 Å². The molecule has 1 saturated heterocycles. The molecule has 54 valence electrons. The van der Waals surface area contributed by atoms with E-state index in [0.29, 0.717) is 12.1 Å². The van der Waals surface area contributed by atoms with Gasteiger partial charge in [-0.15, -0.1) is 0 Å². The van der Waals surface area contributed by atoms with Gasteiger partial charge < -0.3 is 10.1 Å². The Morgan fingerprint density at radius 1 is 1.44 bits per heavy atom. The minimum absolute atomic E-state index is 0.398. The molecule has 0 bridgehead atoms. The van der Waals surface area contributed by atoms with Crippen molar-refractivity contribution in [2.45, 2.75) is 32.4 Å². The van der Waals surface area contributed by atoms with Gasteiger partial charge >= 0.3 is 0 Å². The Morgan fingerprint density at radius 3 is 3.00 bits per heavy atom. The lowest BCUT2D eigenvalue weighted by molar-refractivity contribution is 0.0799. The van der Waals surface area contributed by atoms with Gasteiger partial charge in [-0.3, -0.25) is 0 Å². The van der Waals surface area contributed by atoms with Crippen LogP contribution < -0.4 is 5.32 Å². The monoisotopic (exact) mass is 129 g/mol. The van der Waals surface area contributed by atoms with Gasteiger partial charge in [0.2, 0.25) is 0 Å². The summed E-state index contributed by atoms with van der Waals surface area (Å²) in [5.74, 6) is 0. The predicted molar refractivity (Wildman–Crippen MR) is 37.5 cm³/mol. The van der Waals surface area contributed by atoms with Gasteiger partial charge in [-0.2, -0.15) is 0 Å². The summed E-state index contributed by atoms with van der Waals surface area (Å²) < 4.78 is 5.41. The van der Waals surface area contributed by atoms with E-state index < -0.39 is 0 Å². The van der Waals surface area contributed by atoms with Crippen molar-refractivity contribution in [1.29, 1.82) is 0 Å². The van der Waals surface area contributed by atoms with Gasteiger partial charge in [0.1, 0.15) is 0 Å². The third-order valence-electron chi connectivity index (χ3n) is 1.71. The molecule has 2 nitrogen and oxygen atoms in total. The normalized spacial score (nSPS) is 38.0. The van der Waals surface area contributed by atoms with Crippen LogP contribution in [0, 0.1) is 0 Å². The molecule has 1 aliphatic rings. The van der Waals surface area contributed by atoms with Crippen LogP contribution in [0.15, 0.2) is 0 Å². The van der Waals surface area contributed by atoms with E-state index >= 15 is 0 Å². The highest BCUT2D eigenvalue weighted by molar-refractivity contribution is 4.67. The van der Waals surface area contributed by atoms with E-state index in [1.165, 1.54) is 0 Å². The van der Waals surface area contributed by atoms with E-state index in [1.54, 1.807) is 0 Å². The molecule has 0 radical (unpaired) electrons. The van der Waals surface area contributed by atoms with E-state index in [1.807, 2.05) is 0 Å². The molecule has 0 aromatic carbocycles. The predicted octanol–water partition coefficient (Wildman–Crippen LogP) is 0.773. The lowest BCUT2D eigenvalue weighted by Crippen LogP contribution is -2.29. The van der Waals surface area contributed by atoms with Crippen molar-refractivity contribution in [2.75, 3.05) is 13.2 Å². The van der Waals surface area contributed by atoms with Crippen molar-refractivity contribution in [3.63, 3.8) is 0 Å². The maximum absolute atomic E-state index is 5.41. The van der Waals surface area contributed by atoms with Crippen LogP contribution in [-0.2, 0) is 4.74 Å². The summed E-state index contributed by atoms with van der Waals surface area (Å²) in [6, 6.07) is 0.634. The van der Waals surface area contributed by atoms with Crippen LogP contribution in [-0.4, -0.2) is 25.3 Å². The average molecular weight is 129 g/mol. The molecule has 1 fully saturated rings. The van der Waals surface area contributed by atoms with E-state index in [9.17, 15) is 0 Å². The summed E-state index contributed by atoms with van der Waals surface area (Å²) in [7, 11) is 0. The Kier molecular flexibility index (Phi) is 2.49. The van der Waals surface area contributed by atoms with E-state index in [-0.39, 0.29) is 0 Å². The Hall–Kier alpha value is -0.0800. The zero-order chi connectivity index (χ0) is 6.69. The first-order valence-corrected chi connectivity index (χ1v) is 3.64. The smallest absolute Gasteiger partial charge is 0.0671 e. The van der Waals surface area contributed by atoms with Crippen LogP contribution in [0.25, 0.3) is 0 Å². The van der Waals surface area contributed by atoms with Crippen molar-refractivity contribution < 1.29 is 4.74 Å². The summed E-state index contributed by atoms with van der Waals surface area (Å²) in [6.45, 7) is 6.21. The van der Waals surface area contributed by atoms with E-state index in [2.05, 4.69) is 19.2 Å². The van der Waals surface area contributed by atoms with Crippen LogP contribution in [0.3, 0.4) is 0 Å². The highest BCUT2D eigenvalue weighted by atomic mass is 16.5. The maximum Gasteiger partial charge on any atom is 0.0671 e. The summed E-state index contributed by atoms with van der Waals surface area (Å²) >= 11 is 0. The molecule has 1 heterocycles. The summed E-state index contributed by atoms with van der Waals surface area (Å²) in [4.78, 5) is 0. The fourth-order valence-corrected chi connectivity index (χ4v) is 0.974. The number of hydrogen-bond acceptors (Lipinski definition) is 2. The second-order valence-electron chi connectivity index (χ2n) is 2.78. The number of ether oxygens (including phenoxy) is 1. The largest absolute Gasteiger partial charge is 0.377 e. The lowest BCUT2D eigenvalue weighted by atomic mass is 10.2. The number of nitrogens with one attached hydrogen (secondary N) is 1. The lowest BCUT2D eigenvalue weighted by Gasteiger charge is -2.08. The van der Waals surface area contributed by atoms with Gasteiger partial charge in [-0.05, 0) is 20.3 Å². The molecule has 0 aliphatic carbocycles. The molecule has 9 heavy (non-hydrogen) atoms. The van der Waals surface area contributed by atoms with Crippen molar-refractivity contribution >= 4 is 0 Å². The highest BCUT2D eigenvalue weighted by Crippen LogP contribution is 2.00. The molecule has 0 unspecified atom stereocenters. The molecule has 0 aromatic rings.